The SMILES string of the molecule is CCCc1cc(C(=O)COc2ccc(C)cc2-n2nc3ccccc3n2)cc(CCC)c1O. The molecule has 0 spiro atoms. The lowest BCUT2D eigenvalue weighted by Gasteiger charge is -2.14. The van der Waals surface area contributed by atoms with Gasteiger partial charge in [-0.15, -0.1) is 15.0 Å². The minimum Gasteiger partial charge on any atom is -0.507 e. The average molecular weight is 444 g/mol. The van der Waals surface area contributed by atoms with Crippen molar-refractivity contribution in [2.75, 3.05) is 6.61 Å². The number of rotatable bonds is 9. The zero-order chi connectivity index (χ0) is 23.4. The van der Waals surface area contributed by atoms with Crippen LogP contribution in [0.4, 0.5) is 0 Å². The predicted octanol–water partition coefficient (Wildman–Crippen LogP) is 5.60. The number of ketones is 1. The highest BCUT2D eigenvalue weighted by molar-refractivity contribution is 5.98. The quantitative estimate of drug-likeness (QED) is 0.341. The van der Waals surface area contributed by atoms with E-state index in [9.17, 15) is 9.90 Å². The second-order valence-corrected chi connectivity index (χ2v) is 8.30. The van der Waals surface area contributed by atoms with Gasteiger partial charge in [-0.25, -0.2) is 0 Å². The fraction of sp³-hybridized carbons (Fsp3) is 0.296. The predicted molar refractivity (Wildman–Crippen MR) is 130 cm³/mol. The van der Waals surface area contributed by atoms with Crippen LogP contribution in [0.3, 0.4) is 0 Å². The van der Waals surface area contributed by atoms with Crippen LogP contribution in [-0.2, 0) is 12.8 Å². The molecule has 0 atom stereocenters. The van der Waals surface area contributed by atoms with Crippen molar-refractivity contribution in [2.24, 2.45) is 0 Å². The van der Waals surface area contributed by atoms with Crippen LogP contribution in [0.25, 0.3) is 16.7 Å². The molecule has 0 radical (unpaired) electrons. The lowest BCUT2D eigenvalue weighted by molar-refractivity contribution is 0.0921. The molecule has 1 N–H and O–H groups in total. The maximum atomic E-state index is 13.1. The van der Waals surface area contributed by atoms with E-state index >= 15 is 0 Å². The average Bonchev–Trinajstić information content (AvgIpc) is 3.25. The number of carbonyl (C=O) groups excluding carboxylic acids is 1. The van der Waals surface area contributed by atoms with Crippen molar-refractivity contribution in [3.63, 3.8) is 0 Å². The topological polar surface area (TPSA) is 77.2 Å². The fourth-order valence-electron chi connectivity index (χ4n) is 3.94. The number of aromatic nitrogens is 3. The molecular formula is C27H29N3O3. The Morgan fingerprint density at radius 3 is 2.12 bits per heavy atom. The van der Waals surface area contributed by atoms with Crippen molar-refractivity contribution in [3.05, 3.63) is 76.9 Å². The molecule has 1 aromatic heterocycles. The number of aromatic hydroxyl groups is 1. The number of Topliss-reactive ketones (excluding diaryl/α,β-unsaturated/α-hetero) is 1. The molecule has 0 bridgehead atoms. The van der Waals surface area contributed by atoms with E-state index in [0.29, 0.717) is 22.7 Å². The second kappa shape index (κ2) is 9.86. The molecule has 4 rings (SSSR count). The molecule has 4 aromatic rings. The number of phenols is 1. The number of fused-ring (bicyclic) bond motifs is 1. The highest BCUT2D eigenvalue weighted by atomic mass is 16.5. The van der Waals surface area contributed by atoms with Crippen LogP contribution >= 0.6 is 0 Å². The van der Waals surface area contributed by atoms with Crippen molar-refractivity contribution >= 4 is 16.8 Å². The van der Waals surface area contributed by atoms with E-state index < -0.39 is 0 Å². The number of hydrogen-bond acceptors (Lipinski definition) is 5. The minimum absolute atomic E-state index is 0.112. The van der Waals surface area contributed by atoms with Crippen molar-refractivity contribution in [2.45, 2.75) is 46.5 Å². The number of nitrogens with zero attached hydrogens (tertiary/aromatic N) is 3. The summed E-state index contributed by atoms with van der Waals surface area (Å²) in [6, 6.07) is 17.0. The van der Waals surface area contributed by atoms with Crippen LogP contribution < -0.4 is 4.74 Å². The molecule has 170 valence electrons. The van der Waals surface area contributed by atoms with Crippen LogP contribution in [0.5, 0.6) is 11.5 Å². The van der Waals surface area contributed by atoms with E-state index in [1.807, 2.05) is 49.4 Å². The summed E-state index contributed by atoms with van der Waals surface area (Å²) >= 11 is 0. The molecule has 3 aromatic carbocycles. The zero-order valence-corrected chi connectivity index (χ0v) is 19.3. The molecule has 6 nitrogen and oxygen atoms in total. The van der Waals surface area contributed by atoms with Gasteiger partial charge in [-0.05, 0) is 72.9 Å². The molecule has 0 aliphatic carbocycles. The monoisotopic (exact) mass is 443 g/mol. The van der Waals surface area contributed by atoms with Crippen LogP contribution in [0.2, 0.25) is 0 Å². The second-order valence-electron chi connectivity index (χ2n) is 8.30. The first kappa shape index (κ1) is 22.5. The maximum absolute atomic E-state index is 13.1. The van der Waals surface area contributed by atoms with E-state index in [-0.39, 0.29) is 12.4 Å². The van der Waals surface area contributed by atoms with Gasteiger partial charge in [0.2, 0.25) is 0 Å². The summed E-state index contributed by atoms with van der Waals surface area (Å²) < 4.78 is 5.98. The van der Waals surface area contributed by atoms with Gasteiger partial charge in [0.25, 0.3) is 0 Å². The summed E-state index contributed by atoms with van der Waals surface area (Å²) in [5.74, 6) is 0.722. The van der Waals surface area contributed by atoms with Gasteiger partial charge in [-0.2, -0.15) is 0 Å². The Hall–Kier alpha value is -3.67. The van der Waals surface area contributed by atoms with Gasteiger partial charge in [0.15, 0.2) is 12.4 Å². The lowest BCUT2D eigenvalue weighted by atomic mass is 9.96. The third kappa shape index (κ3) is 4.90. The Labute approximate surface area is 193 Å². The maximum Gasteiger partial charge on any atom is 0.200 e. The summed E-state index contributed by atoms with van der Waals surface area (Å²) in [4.78, 5) is 14.6. The number of benzene rings is 3. The van der Waals surface area contributed by atoms with Crippen molar-refractivity contribution in [1.82, 2.24) is 15.0 Å². The minimum atomic E-state index is -0.130. The van der Waals surface area contributed by atoms with E-state index in [1.165, 1.54) is 0 Å². The van der Waals surface area contributed by atoms with E-state index in [2.05, 4.69) is 24.0 Å². The Balaban J connectivity index is 1.60. The third-order valence-corrected chi connectivity index (χ3v) is 5.60. The first-order valence-corrected chi connectivity index (χ1v) is 11.4. The smallest absolute Gasteiger partial charge is 0.200 e. The number of ether oxygens (including phenoxy) is 1. The largest absolute Gasteiger partial charge is 0.507 e. The normalized spacial score (nSPS) is 11.1. The van der Waals surface area contributed by atoms with Gasteiger partial charge in [0.1, 0.15) is 28.2 Å². The van der Waals surface area contributed by atoms with Gasteiger partial charge in [0, 0.05) is 5.56 Å². The van der Waals surface area contributed by atoms with Gasteiger partial charge in [-0.3, -0.25) is 4.79 Å². The van der Waals surface area contributed by atoms with Crippen LogP contribution in [0.15, 0.2) is 54.6 Å². The highest BCUT2D eigenvalue weighted by Gasteiger charge is 2.16. The molecule has 0 aliphatic heterocycles. The van der Waals surface area contributed by atoms with E-state index in [1.54, 1.807) is 16.9 Å². The van der Waals surface area contributed by atoms with Crippen molar-refractivity contribution < 1.29 is 14.6 Å². The summed E-state index contributed by atoms with van der Waals surface area (Å²) in [6.07, 6.45) is 3.24. The Morgan fingerprint density at radius 2 is 1.55 bits per heavy atom. The lowest BCUT2D eigenvalue weighted by Crippen LogP contribution is -2.14. The fourth-order valence-corrected chi connectivity index (χ4v) is 3.94. The van der Waals surface area contributed by atoms with Gasteiger partial charge < -0.3 is 9.84 Å². The molecule has 0 fully saturated rings. The molecule has 0 saturated carbocycles. The zero-order valence-electron chi connectivity index (χ0n) is 19.3. The summed E-state index contributed by atoms with van der Waals surface area (Å²) in [5.41, 5.74) is 5.50. The molecule has 0 amide bonds. The molecule has 0 unspecified atom stereocenters. The molecule has 0 saturated heterocycles. The summed E-state index contributed by atoms with van der Waals surface area (Å²) in [6.45, 7) is 5.99. The Kier molecular flexibility index (Phi) is 6.73. The molecular weight excluding hydrogens is 414 g/mol. The van der Waals surface area contributed by atoms with Crippen LogP contribution in [0, 0.1) is 6.92 Å². The summed E-state index contributed by atoms with van der Waals surface area (Å²) in [5, 5.41) is 19.7. The van der Waals surface area contributed by atoms with Crippen molar-refractivity contribution in [3.8, 4) is 17.2 Å². The number of carbonyl (C=O) groups is 1. The van der Waals surface area contributed by atoms with E-state index in [4.69, 9.17) is 4.74 Å². The molecule has 33 heavy (non-hydrogen) atoms. The number of aryl methyl sites for hydroxylation is 3. The third-order valence-electron chi connectivity index (χ3n) is 5.60. The van der Waals surface area contributed by atoms with Crippen molar-refractivity contribution in [1.29, 1.82) is 0 Å². The molecule has 6 heteroatoms. The van der Waals surface area contributed by atoms with Gasteiger partial charge >= 0.3 is 0 Å². The first-order valence-electron chi connectivity index (χ1n) is 11.4. The Morgan fingerprint density at radius 1 is 0.939 bits per heavy atom. The standard InChI is InChI=1S/C27H29N3O3/c1-4-8-19-15-21(16-20(9-5-2)27(19)32)25(31)17-33-26-13-12-18(3)14-24(26)30-28-22-10-6-7-11-23(22)29-30/h6-7,10-16,32H,4-5,8-9,17H2,1-3H3. The number of phenolic OH excluding ortho intramolecular Hbond substituents is 1. The summed E-state index contributed by atoms with van der Waals surface area (Å²) in [7, 11) is 0. The highest BCUT2D eigenvalue weighted by Crippen LogP contribution is 2.28. The first-order chi connectivity index (χ1) is 16.0. The Bertz CT molecular complexity index is 1230. The van der Waals surface area contributed by atoms with Gasteiger partial charge in [0.05, 0.1) is 0 Å². The van der Waals surface area contributed by atoms with Crippen LogP contribution in [-0.4, -0.2) is 32.5 Å². The molecule has 0 aliphatic rings. The van der Waals surface area contributed by atoms with E-state index in [0.717, 1.165) is 53.4 Å². The number of hydrogen-bond donors (Lipinski definition) is 1. The van der Waals surface area contributed by atoms with Crippen LogP contribution in [0.1, 0.15) is 53.7 Å². The van der Waals surface area contributed by atoms with Gasteiger partial charge in [-0.1, -0.05) is 44.9 Å². The molecule has 1 heterocycles.